The number of halogens is 1. The van der Waals surface area contributed by atoms with Crippen LogP contribution >= 0.6 is 12.4 Å². The predicted molar refractivity (Wildman–Crippen MR) is 101 cm³/mol. The number of nitrogens with two attached hydrogens (primary N) is 1. The number of benzene rings is 2. The standard InChI is InChI=1S/C19H24N2O2.ClH/c1-13-8-9-17(20)11-18(13)19(23)21-12-16(10-14(2)22)15-6-4-3-5-7-15;/h3-9,11,14,16,22H,10,12,20H2,1-2H3,(H,21,23);1H. The fourth-order valence-corrected chi connectivity index (χ4v) is 2.67. The lowest BCUT2D eigenvalue weighted by Gasteiger charge is -2.20. The third-order valence-electron chi connectivity index (χ3n) is 3.91. The first-order chi connectivity index (χ1) is 11.0. The van der Waals surface area contributed by atoms with E-state index in [1.165, 1.54) is 0 Å². The highest BCUT2D eigenvalue weighted by atomic mass is 35.5. The first-order valence-corrected chi connectivity index (χ1v) is 7.84. The fourth-order valence-electron chi connectivity index (χ4n) is 2.67. The molecule has 0 saturated heterocycles. The zero-order valence-electron chi connectivity index (χ0n) is 14.0. The normalized spacial score (nSPS) is 12.8. The summed E-state index contributed by atoms with van der Waals surface area (Å²) in [6.07, 6.45) is 0.173. The Kier molecular flexibility index (Phi) is 7.75. The van der Waals surface area contributed by atoms with Crippen molar-refractivity contribution in [3.63, 3.8) is 0 Å². The molecule has 2 atom stereocenters. The second-order valence-electron chi connectivity index (χ2n) is 5.98. The summed E-state index contributed by atoms with van der Waals surface area (Å²) in [5, 5.41) is 12.7. The number of aliphatic hydroxyl groups is 1. The number of carbonyl (C=O) groups excluding carboxylic acids is 1. The van der Waals surface area contributed by atoms with E-state index >= 15 is 0 Å². The molecule has 0 radical (unpaired) electrons. The molecule has 0 aromatic heterocycles. The van der Waals surface area contributed by atoms with Gasteiger partial charge in [-0.2, -0.15) is 0 Å². The van der Waals surface area contributed by atoms with E-state index in [4.69, 9.17) is 5.73 Å². The summed E-state index contributed by atoms with van der Waals surface area (Å²) in [5.41, 5.74) is 8.93. The minimum atomic E-state index is -0.425. The molecule has 5 heteroatoms. The second-order valence-corrected chi connectivity index (χ2v) is 5.98. The molecule has 2 aromatic rings. The first-order valence-electron chi connectivity index (χ1n) is 7.84. The van der Waals surface area contributed by atoms with Gasteiger partial charge >= 0.3 is 0 Å². The monoisotopic (exact) mass is 348 g/mol. The van der Waals surface area contributed by atoms with Gasteiger partial charge in [0.15, 0.2) is 0 Å². The molecule has 4 nitrogen and oxygen atoms in total. The van der Waals surface area contributed by atoms with Crippen LogP contribution in [0.5, 0.6) is 0 Å². The number of nitrogen functional groups attached to an aromatic ring is 1. The number of hydrogen-bond acceptors (Lipinski definition) is 3. The predicted octanol–water partition coefficient (Wildman–Crippen LogP) is 3.28. The number of aliphatic hydroxyl groups excluding tert-OH is 1. The summed E-state index contributed by atoms with van der Waals surface area (Å²) in [7, 11) is 0. The van der Waals surface area contributed by atoms with E-state index in [0.717, 1.165) is 11.1 Å². The van der Waals surface area contributed by atoms with Crippen LogP contribution < -0.4 is 11.1 Å². The van der Waals surface area contributed by atoms with Crippen LogP contribution in [0, 0.1) is 6.92 Å². The van der Waals surface area contributed by atoms with Crippen molar-refractivity contribution < 1.29 is 9.90 Å². The molecule has 2 unspecified atom stereocenters. The smallest absolute Gasteiger partial charge is 0.251 e. The lowest BCUT2D eigenvalue weighted by Crippen LogP contribution is -2.30. The lowest BCUT2D eigenvalue weighted by atomic mass is 9.93. The Bertz CT molecular complexity index is 660. The average Bonchev–Trinajstić information content (AvgIpc) is 2.54. The molecular formula is C19H25ClN2O2. The quantitative estimate of drug-likeness (QED) is 0.701. The summed E-state index contributed by atoms with van der Waals surface area (Å²) in [6.45, 7) is 4.13. The maximum atomic E-state index is 12.4. The number of carbonyl (C=O) groups is 1. The molecule has 0 bridgehead atoms. The van der Waals surface area contributed by atoms with Gasteiger partial charge in [-0.05, 0) is 43.5 Å². The third kappa shape index (κ3) is 5.55. The average molecular weight is 349 g/mol. The Hall–Kier alpha value is -2.04. The minimum absolute atomic E-state index is 0. The number of hydrogen-bond donors (Lipinski definition) is 3. The van der Waals surface area contributed by atoms with E-state index < -0.39 is 6.10 Å². The molecule has 4 N–H and O–H groups in total. The zero-order valence-corrected chi connectivity index (χ0v) is 14.8. The van der Waals surface area contributed by atoms with Crippen LogP contribution in [-0.2, 0) is 0 Å². The minimum Gasteiger partial charge on any atom is -0.399 e. The van der Waals surface area contributed by atoms with Crippen LogP contribution in [0.15, 0.2) is 48.5 Å². The SMILES string of the molecule is Cc1ccc(N)cc1C(=O)NCC(CC(C)O)c1ccccc1.Cl. The van der Waals surface area contributed by atoms with E-state index in [1.54, 1.807) is 19.1 Å². The van der Waals surface area contributed by atoms with E-state index in [9.17, 15) is 9.90 Å². The van der Waals surface area contributed by atoms with Crippen molar-refractivity contribution in [1.29, 1.82) is 0 Å². The van der Waals surface area contributed by atoms with E-state index in [2.05, 4.69) is 5.32 Å². The van der Waals surface area contributed by atoms with Gasteiger partial charge in [-0.15, -0.1) is 12.4 Å². The molecule has 0 aliphatic heterocycles. The third-order valence-corrected chi connectivity index (χ3v) is 3.91. The molecule has 1 amide bonds. The summed E-state index contributed by atoms with van der Waals surface area (Å²) in [6, 6.07) is 15.2. The number of rotatable bonds is 6. The molecule has 130 valence electrons. The van der Waals surface area contributed by atoms with Crippen molar-refractivity contribution in [3.05, 3.63) is 65.2 Å². The van der Waals surface area contributed by atoms with Gasteiger partial charge in [0.05, 0.1) is 6.10 Å². The van der Waals surface area contributed by atoms with E-state index in [-0.39, 0.29) is 24.2 Å². The molecule has 0 aliphatic carbocycles. The molecule has 0 aliphatic rings. The molecule has 0 heterocycles. The molecular weight excluding hydrogens is 324 g/mol. The van der Waals surface area contributed by atoms with Crippen molar-refractivity contribution in [1.82, 2.24) is 5.32 Å². The van der Waals surface area contributed by atoms with Crippen molar-refractivity contribution >= 4 is 24.0 Å². The van der Waals surface area contributed by atoms with Gasteiger partial charge in [-0.1, -0.05) is 36.4 Å². The zero-order chi connectivity index (χ0) is 16.8. The molecule has 2 aromatic carbocycles. The Morgan fingerprint density at radius 1 is 1.21 bits per heavy atom. The highest BCUT2D eigenvalue weighted by Crippen LogP contribution is 2.21. The second kappa shape index (κ2) is 9.30. The Morgan fingerprint density at radius 2 is 1.88 bits per heavy atom. The first kappa shape index (κ1) is 20.0. The van der Waals surface area contributed by atoms with Crippen LogP contribution in [-0.4, -0.2) is 23.7 Å². The van der Waals surface area contributed by atoms with Gasteiger partial charge in [0.2, 0.25) is 0 Å². The van der Waals surface area contributed by atoms with E-state index in [0.29, 0.717) is 24.2 Å². The number of nitrogens with one attached hydrogen (secondary N) is 1. The lowest BCUT2D eigenvalue weighted by molar-refractivity contribution is 0.0945. The Balaban J connectivity index is 0.00000288. The fraction of sp³-hybridized carbons (Fsp3) is 0.316. The summed E-state index contributed by atoms with van der Waals surface area (Å²) >= 11 is 0. The van der Waals surface area contributed by atoms with Gasteiger partial charge < -0.3 is 16.2 Å². The van der Waals surface area contributed by atoms with Crippen LogP contribution in [0.1, 0.15) is 40.7 Å². The van der Waals surface area contributed by atoms with Crippen molar-refractivity contribution in [3.8, 4) is 0 Å². The van der Waals surface area contributed by atoms with Gasteiger partial charge in [0.1, 0.15) is 0 Å². The maximum absolute atomic E-state index is 12.4. The highest BCUT2D eigenvalue weighted by molar-refractivity contribution is 5.96. The molecule has 0 saturated carbocycles. The maximum Gasteiger partial charge on any atom is 0.251 e. The van der Waals surface area contributed by atoms with Gasteiger partial charge in [-0.3, -0.25) is 4.79 Å². The Morgan fingerprint density at radius 3 is 2.50 bits per heavy atom. The summed E-state index contributed by atoms with van der Waals surface area (Å²) in [4.78, 5) is 12.4. The summed E-state index contributed by atoms with van der Waals surface area (Å²) < 4.78 is 0. The molecule has 0 fully saturated rings. The molecule has 24 heavy (non-hydrogen) atoms. The topological polar surface area (TPSA) is 75.4 Å². The van der Waals surface area contributed by atoms with Gasteiger partial charge in [0.25, 0.3) is 5.91 Å². The van der Waals surface area contributed by atoms with Crippen LogP contribution in [0.3, 0.4) is 0 Å². The largest absolute Gasteiger partial charge is 0.399 e. The van der Waals surface area contributed by atoms with Gasteiger partial charge in [0, 0.05) is 23.7 Å². The molecule has 2 rings (SSSR count). The van der Waals surface area contributed by atoms with Gasteiger partial charge in [-0.25, -0.2) is 0 Å². The number of amides is 1. The van der Waals surface area contributed by atoms with Crippen LogP contribution in [0.4, 0.5) is 5.69 Å². The van der Waals surface area contributed by atoms with E-state index in [1.807, 2.05) is 43.3 Å². The van der Waals surface area contributed by atoms with Crippen molar-refractivity contribution in [2.75, 3.05) is 12.3 Å². The van der Waals surface area contributed by atoms with Crippen LogP contribution in [0.2, 0.25) is 0 Å². The summed E-state index contributed by atoms with van der Waals surface area (Å²) in [5.74, 6) is -0.0668. The highest BCUT2D eigenvalue weighted by Gasteiger charge is 2.16. The van der Waals surface area contributed by atoms with Crippen LogP contribution in [0.25, 0.3) is 0 Å². The Labute approximate surface area is 149 Å². The van der Waals surface area contributed by atoms with Crippen molar-refractivity contribution in [2.24, 2.45) is 0 Å². The number of aryl methyl sites for hydroxylation is 1. The van der Waals surface area contributed by atoms with Crippen molar-refractivity contribution in [2.45, 2.75) is 32.3 Å². The number of anilines is 1. The molecule has 0 spiro atoms.